The van der Waals surface area contributed by atoms with Crippen LogP contribution in [0.5, 0.6) is 11.5 Å². The molecule has 0 fully saturated rings. The van der Waals surface area contributed by atoms with Gasteiger partial charge in [-0.3, -0.25) is 0 Å². The molecule has 0 amide bonds. The van der Waals surface area contributed by atoms with Gasteiger partial charge in [0.15, 0.2) is 23.3 Å². The van der Waals surface area contributed by atoms with E-state index in [2.05, 4.69) is 0 Å². The van der Waals surface area contributed by atoms with E-state index in [1.54, 1.807) is 6.07 Å². The van der Waals surface area contributed by atoms with Crippen LogP contribution in [0.1, 0.15) is 20.7 Å². The fourth-order valence-electron chi connectivity index (χ4n) is 2.65. The van der Waals surface area contributed by atoms with Crippen molar-refractivity contribution in [3.63, 3.8) is 0 Å². The molecule has 0 bridgehead atoms. The minimum absolute atomic E-state index is 0.171. The maximum Gasteiger partial charge on any atom is 0.347 e. The zero-order valence-electron chi connectivity index (χ0n) is 16.1. The first kappa shape index (κ1) is 26.3. The van der Waals surface area contributed by atoms with Crippen LogP contribution in [0.15, 0.2) is 47.4 Å². The number of halogens is 6. The van der Waals surface area contributed by atoms with Gasteiger partial charge < -0.3 is 14.0 Å². The van der Waals surface area contributed by atoms with E-state index in [1.165, 1.54) is 69.4 Å². The van der Waals surface area contributed by atoms with E-state index in [1.807, 2.05) is 0 Å². The number of carbonyl (C=O) groups excluding carboxylic acids is 2. The van der Waals surface area contributed by atoms with E-state index in [9.17, 15) is 40.1 Å². The summed E-state index contributed by atoms with van der Waals surface area (Å²) in [6, 6.07) is 8.70. The largest absolute Gasteiger partial charge is 0.744 e. The molecule has 3 aromatic rings. The van der Waals surface area contributed by atoms with E-state index >= 15 is 0 Å². The normalized spacial score (nSPS) is 11.3. The van der Waals surface area contributed by atoms with Crippen molar-refractivity contribution in [3.8, 4) is 11.5 Å². The molecule has 0 aromatic heterocycles. The minimum atomic E-state index is -4.90. The van der Waals surface area contributed by atoms with Gasteiger partial charge in [-0.25, -0.2) is 35.6 Å². The van der Waals surface area contributed by atoms with Crippen LogP contribution in [0.2, 0.25) is 0 Å². The summed E-state index contributed by atoms with van der Waals surface area (Å²) in [5, 5.41) is 0. The maximum absolute atomic E-state index is 14.5. The molecule has 0 aliphatic heterocycles. The SMILES string of the molecule is O=C(Oc1ccccc1)c1c(F)c(F)c(F)c(F)c1C(=O)Oc1cc(I)c(S(=O)(=O)[O-])c(I)c1. The highest BCUT2D eigenvalue weighted by molar-refractivity contribution is 14.1. The Hall–Kier alpha value is -2.31. The monoisotopic (exact) mass is 721 g/mol. The minimum Gasteiger partial charge on any atom is -0.744 e. The summed E-state index contributed by atoms with van der Waals surface area (Å²) in [6.45, 7) is 0. The molecule has 34 heavy (non-hydrogen) atoms. The molecule has 14 heteroatoms. The molecular weight excluding hydrogens is 714 g/mol. The van der Waals surface area contributed by atoms with Crippen molar-refractivity contribution in [1.29, 1.82) is 0 Å². The van der Waals surface area contributed by atoms with Gasteiger partial charge in [0.2, 0.25) is 0 Å². The van der Waals surface area contributed by atoms with Gasteiger partial charge in [-0.2, -0.15) is 0 Å². The van der Waals surface area contributed by atoms with Crippen LogP contribution >= 0.6 is 45.2 Å². The van der Waals surface area contributed by atoms with Gasteiger partial charge in [0.25, 0.3) is 0 Å². The molecule has 7 nitrogen and oxygen atoms in total. The van der Waals surface area contributed by atoms with Crippen LogP contribution in [0.3, 0.4) is 0 Å². The fourth-order valence-corrected chi connectivity index (χ4v) is 6.58. The van der Waals surface area contributed by atoms with Crippen LogP contribution in [-0.4, -0.2) is 24.9 Å². The second kappa shape index (κ2) is 10.1. The number of benzene rings is 3. The smallest absolute Gasteiger partial charge is 0.347 e. The molecule has 0 heterocycles. The second-order valence-electron chi connectivity index (χ2n) is 6.27. The highest BCUT2D eigenvalue weighted by Crippen LogP contribution is 2.31. The number of ether oxygens (including phenoxy) is 2. The van der Waals surface area contributed by atoms with E-state index < -0.39 is 67.1 Å². The lowest BCUT2D eigenvalue weighted by atomic mass is 10.0. The molecule has 0 aliphatic rings. The van der Waals surface area contributed by atoms with Gasteiger partial charge in [-0.1, -0.05) is 18.2 Å². The third-order valence-electron chi connectivity index (χ3n) is 4.06. The Bertz CT molecular complexity index is 1410. The van der Waals surface area contributed by atoms with Gasteiger partial charge >= 0.3 is 11.9 Å². The first-order chi connectivity index (χ1) is 15.8. The summed E-state index contributed by atoms with van der Waals surface area (Å²) in [4.78, 5) is 24.5. The Balaban J connectivity index is 2.09. The van der Waals surface area contributed by atoms with E-state index in [0.717, 1.165) is 12.1 Å². The molecular formula is C20H7F4I2O7S-. The molecule has 0 radical (unpaired) electrons. The van der Waals surface area contributed by atoms with Crippen molar-refractivity contribution in [2.24, 2.45) is 0 Å². The summed E-state index contributed by atoms with van der Waals surface area (Å²) in [5.74, 6) is -13.3. The third-order valence-corrected chi connectivity index (χ3v) is 7.43. The third kappa shape index (κ3) is 5.33. The van der Waals surface area contributed by atoms with Crippen LogP contribution in [0.25, 0.3) is 0 Å². The summed E-state index contributed by atoms with van der Waals surface area (Å²) < 4.78 is 100. The van der Waals surface area contributed by atoms with Crippen molar-refractivity contribution in [1.82, 2.24) is 0 Å². The summed E-state index contributed by atoms with van der Waals surface area (Å²) >= 11 is 2.91. The van der Waals surface area contributed by atoms with Gasteiger partial charge in [-0.05, 0) is 69.4 Å². The fraction of sp³-hybridized carbons (Fsp3) is 0. The van der Waals surface area contributed by atoms with E-state index in [0.29, 0.717) is 0 Å². The number of hydrogen-bond donors (Lipinski definition) is 0. The predicted molar refractivity (Wildman–Crippen MR) is 122 cm³/mol. The number of rotatable bonds is 5. The van der Waals surface area contributed by atoms with Crippen molar-refractivity contribution in [2.45, 2.75) is 4.90 Å². The number of para-hydroxylation sites is 1. The van der Waals surface area contributed by atoms with Crippen molar-refractivity contribution >= 4 is 67.2 Å². The quantitative estimate of drug-likeness (QED) is 0.0709. The van der Waals surface area contributed by atoms with Gasteiger partial charge in [-0.15, -0.1) is 0 Å². The van der Waals surface area contributed by atoms with Crippen LogP contribution < -0.4 is 9.47 Å². The highest BCUT2D eigenvalue weighted by Gasteiger charge is 2.35. The number of carbonyl (C=O) groups is 2. The van der Waals surface area contributed by atoms with Gasteiger partial charge in [0, 0.05) is 7.14 Å². The van der Waals surface area contributed by atoms with Crippen LogP contribution in [0.4, 0.5) is 17.6 Å². The Kier molecular flexibility index (Phi) is 7.83. The summed E-state index contributed by atoms with van der Waals surface area (Å²) in [6.07, 6.45) is 0. The maximum atomic E-state index is 14.5. The molecule has 3 rings (SSSR count). The predicted octanol–water partition coefficient (Wildman–Crippen LogP) is 4.79. The molecule has 0 saturated carbocycles. The molecule has 0 atom stereocenters. The first-order valence-corrected chi connectivity index (χ1v) is 12.2. The molecule has 178 valence electrons. The second-order valence-corrected chi connectivity index (χ2v) is 9.91. The first-order valence-electron chi connectivity index (χ1n) is 8.63. The zero-order chi connectivity index (χ0) is 25.4. The molecule has 0 N–H and O–H groups in total. The Morgan fingerprint density at radius 1 is 0.735 bits per heavy atom. The molecule has 0 aliphatic carbocycles. The molecule has 0 saturated heterocycles. The molecule has 0 spiro atoms. The van der Waals surface area contributed by atoms with Gasteiger partial charge in [0.05, 0.1) is 4.90 Å². The van der Waals surface area contributed by atoms with Gasteiger partial charge in [0.1, 0.15) is 32.7 Å². The lowest BCUT2D eigenvalue weighted by Crippen LogP contribution is -2.23. The lowest BCUT2D eigenvalue weighted by Gasteiger charge is -2.15. The highest BCUT2D eigenvalue weighted by atomic mass is 127. The summed E-state index contributed by atoms with van der Waals surface area (Å²) in [5.41, 5.74) is -3.16. The van der Waals surface area contributed by atoms with Crippen molar-refractivity contribution in [3.05, 3.63) is 84.0 Å². The Morgan fingerprint density at radius 2 is 1.15 bits per heavy atom. The topological polar surface area (TPSA) is 110 Å². The standard InChI is InChI=1S/C20H8F4I2O7S/c21-14-12(19(27)32-8-4-2-1-3-5-8)13(15(22)17(24)16(14)23)20(28)33-9-6-10(25)18(11(26)7-9)34(29,30)31/h1-7H,(H,29,30,31)/p-1. The zero-order valence-corrected chi connectivity index (χ0v) is 21.2. The van der Waals surface area contributed by atoms with Crippen LogP contribution in [-0.2, 0) is 10.1 Å². The van der Waals surface area contributed by atoms with E-state index in [4.69, 9.17) is 9.47 Å². The van der Waals surface area contributed by atoms with E-state index in [-0.39, 0.29) is 12.9 Å². The Morgan fingerprint density at radius 3 is 1.56 bits per heavy atom. The van der Waals surface area contributed by atoms with Crippen LogP contribution in [0, 0.1) is 30.4 Å². The van der Waals surface area contributed by atoms with Crippen molar-refractivity contribution in [2.75, 3.05) is 0 Å². The molecule has 0 unspecified atom stereocenters. The lowest BCUT2D eigenvalue weighted by molar-refractivity contribution is 0.0680. The molecule has 3 aromatic carbocycles. The average molecular weight is 721 g/mol. The Labute approximate surface area is 216 Å². The number of hydrogen-bond acceptors (Lipinski definition) is 7. The average Bonchev–Trinajstić information content (AvgIpc) is 2.73. The summed E-state index contributed by atoms with van der Waals surface area (Å²) in [7, 11) is -4.90. The number of esters is 2. The van der Waals surface area contributed by atoms with Crippen molar-refractivity contribution < 1.29 is 49.6 Å².